The van der Waals surface area contributed by atoms with Crippen LogP contribution in [0.4, 0.5) is 5.82 Å². The topological polar surface area (TPSA) is 28.2 Å². The van der Waals surface area contributed by atoms with Gasteiger partial charge in [0.2, 0.25) is 0 Å². The first-order valence-corrected chi connectivity index (χ1v) is 7.67. The monoisotopic (exact) mass is 283 g/mol. The van der Waals surface area contributed by atoms with Crippen LogP contribution >= 0.6 is 0 Å². The van der Waals surface area contributed by atoms with Crippen LogP contribution in [0.5, 0.6) is 0 Å². The summed E-state index contributed by atoms with van der Waals surface area (Å²) < 4.78 is 0. The van der Waals surface area contributed by atoms with Gasteiger partial charge < -0.3 is 10.2 Å². The summed E-state index contributed by atoms with van der Waals surface area (Å²) in [5.41, 5.74) is 2.57. The molecule has 0 fully saturated rings. The zero-order valence-corrected chi connectivity index (χ0v) is 13.2. The summed E-state index contributed by atoms with van der Waals surface area (Å²) >= 11 is 0. The van der Waals surface area contributed by atoms with Crippen LogP contribution in [-0.2, 0) is 13.1 Å². The third-order valence-electron chi connectivity index (χ3n) is 3.52. The molecule has 0 aliphatic heterocycles. The predicted molar refractivity (Wildman–Crippen MR) is 89.4 cm³/mol. The second-order valence-corrected chi connectivity index (χ2v) is 5.47. The summed E-state index contributed by atoms with van der Waals surface area (Å²) in [6.07, 6.45) is 1.88. The van der Waals surface area contributed by atoms with E-state index in [1.807, 2.05) is 12.3 Å². The second-order valence-electron chi connectivity index (χ2n) is 5.47. The Morgan fingerprint density at radius 3 is 2.52 bits per heavy atom. The molecule has 0 amide bonds. The molecule has 0 saturated heterocycles. The maximum Gasteiger partial charge on any atom is 0.133 e. The molecule has 0 radical (unpaired) electrons. The zero-order valence-electron chi connectivity index (χ0n) is 13.2. The minimum absolute atomic E-state index is 0.403. The molecule has 1 N–H and O–H groups in total. The highest BCUT2D eigenvalue weighted by Crippen LogP contribution is 2.22. The number of pyridine rings is 1. The van der Waals surface area contributed by atoms with Gasteiger partial charge >= 0.3 is 0 Å². The molecular formula is C18H25N3. The lowest BCUT2D eigenvalue weighted by Gasteiger charge is -2.30. The van der Waals surface area contributed by atoms with Crippen molar-refractivity contribution in [2.24, 2.45) is 0 Å². The quantitative estimate of drug-likeness (QED) is 0.841. The van der Waals surface area contributed by atoms with Gasteiger partial charge in [-0.3, -0.25) is 0 Å². The number of hydrogen-bond donors (Lipinski definition) is 1. The van der Waals surface area contributed by atoms with Gasteiger partial charge in [-0.1, -0.05) is 43.3 Å². The van der Waals surface area contributed by atoms with Gasteiger partial charge in [0.05, 0.1) is 0 Å². The lowest BCUT2D eigenvalue weighted by molar-refractivity contribution is 0.657. The SMILES string of the molecule is CCNCc1cccnc1N(Cc1ccccc1)C(C)C. The molecule has 1 aromatic heterocycles. The van der Waals surface area contributed by atoms with Crippen molar-refractivity contribution >= 4 is 5.82 Å². The normalized spacial score (nSPS) is 10.9. The summed E-state index contributed by atoms with van der Waals surface area (Å²) in [7, 11) is 0. The number of rotatable bonds is 7. The molecule has 0 spiro atoms. The number of benzene rings is 1. The summed E-state index contributed by atoms with van der Waals surface area (Å²) in [5, 5.41) is 3.40. The van der Waals surface area contributed by atoms with Crippen molar-refractivity contribution in [3.8, 4) is 0 Å². The third-order valence-corrected chi connectivity index (χ3v) is 3.52. The predicted octanol–water partition coefficient (Wildman–Crippen LogP) is 3.61. The number of nitrogens with zero attached hydrogens (tertiary/aromatic N) is 2. The Bertz CT molecular complexity index is 537. The van der Waals surface area contributed by atoms with Crippen molar-refractivity contribution in [1.82, 2.24) is 10.3 Å². The van der Waals surface area contributed by atoms with Crippen molar-refractivity contribution in [2.75, 3.05) is 11.4 Å². The van der Waals surface area contributed by atoms with Gasteiger partial charge in [0.15, 0.2) is 0 Å². The first-order chi connectivity index (χ1) is 10.2. The molecular weight excluding hydrogens is 258 g/mol. The van der Waals surface area contributed by atoms with Crippen molar-refractivity contribution in [3.63, 3.8) is 0 Å². The molecule has 2 aromatic rings. The number of nitrogens with one attached hydrogen (secondary N) is 1. The van der Waals surface area contributed by atoms with E-state index in [1.165, 1.54) is 11.1 Å². The number of anilines is 1. The first kappa shape index (κ1) is 15.5. The molecule has 3 nitrogen and oxygen atoms in total. The van der Waals surface area contributed by atoms with Crippen LogP contribution in [0.2, 0.25) is 0 Å². The highest BCUT2D eigenvalue weighted by molar-refractivity contribution is 5.48. The lowest BCUT2D eigenvalue weighted by atomic mass is 10.1. The van der Waals surface area contributed by atoms with E-state index in [4.69, 9.17) is 0 Å². The van der Waals surface area contributed by atoms with Crippen LogP contribution in [0.15, 0.2) is 48.7 Å². The minimum atomic E-state index is 0.403. The summed E-state index contributed by atoms with van der Waals surface area (Å²) in [4.78, 5) is 7.00. The minimum Gasteiger partial charge on any atom is -0.350 e. The van der Waals surface area contributed by atoms with Crippen molar-refractivity contribution < 1.29 is 0 Å². The maximum atomic E-state index is 4.64. The molecule has 0 saturated carbocycles. The van der Waals surface area contributed by atoms with Crippen LogP contribution in [-0.4, -0.2) is 17.6 Å². The molecule has 0 aliphatic rings. The third kappa shape index (κ3) is 4.30. The Hall–Kier alpha value is -1.87. The van der Waals surface area contributed by atoms with E-state index in [0.29, 0.717) is 6.04 Å². The zero-order chi connectivity index (χ0) is 15.1. The highest BCUT2D eigenvalue weighted by Gasteiger charge is 2.15. The van der Waals surface area contributed by atoms with E-state index in [1.54, 1.807) is 0 Å². The summed E-state index contributed by atoms with van der Waals surface area (Å²) in [5.74, 6) is 1.08. The Morgan fingerprint density at radius 1 is 1.10 bits per heavy atom. The van der Waals surface area contributed by atoms with Gasteiger partial charge in [-0.25, -0.2) is 4.98 Å². The fourth-order valence-corrected chi connectivity index (χ4v) is 2.37. The Balaban J connectivity index is 2.26. The van der Waals surface area contributed by atoms with E-state index in [-0.39, 0.29) is 0 Å². The second kappa shape index (κ2) is 7.79. The van der Waals surface area contributed by atoms with E-state index >= 15 is 0 Å². The average Bonchev–Trinajstić information content (AvgIpc) is 2.52. The Labute approximate surface area is 128 Å². The van der Waals surface area contributed by atoms with Crippen molar-refractivity contribution in [1.29, 1.82) is 0 Å². The van der Waals surface area contributed by atoms with Gasteiger partial charge in [-0.15, -0.1) is 0 Å². The van der Waals surface area contributed by atoms with Crippen LogP contribution < -0.4 is 10.2 Å². The van der Waals surface area contributed by atoms with E-state index in [0.717, 1.165) is 25.5 Å². The average molecular weight is 283 g/mol. The number of hydrogen-bond acceptors (Lipinski definition) is 3. The fraction of sp³-hybridized carbons (Fsp3) is 0.389. The molecule has 112 valence electrons. The highest BCUT2D eigenvalue weighted by atomic mass is 15.2. The molecule has 0 unspecified atom stereocenters. The smallest absolute Gasteiger partial charge is 0.133 e. The number of aromatic nitrogens is 1. The van der Waals surface area contributed by atoms with Gasteiger partial charge in [0.1, 0.15) is 5.82 Å². The van der Waals surface area contributed by atoms with Gasteiger partial charge in [-0.05, 0) is 32.0 Å². The van der Waals surface area contributed by atoms with Crippen LogP contribution in [0, 0.1) is 0 Å². The molecule has 0 bridgehead atoms. The molecule has 0 atom stereocenters. The lowest BCUT2D eigenvalue weighted by Crippen LogP contribution is -2.32. The molecule has 1 heterocycles. The fourth-order valence-electron chi connectivity index (χ4n) is 2.37. The largest absolute Gasteiger partial charge is 0.350 e. The van der Waals surface area contributed by atoms with Gasteiger partial charge in [0.25, 0.3) is 0 Å². The van der Waals surface area contributed by atoms with Crippen LogP contribution in [0.3, 0.4) is 0 Å². The summed E-state index contributed by atoms with van der Waals surface area (Å²) in [6, 6.07) is 15.1. The van der Waals surface area contributed by atoms with E-state index < -0.39 is 0 Å². The standard InChI is InChI=1S/C18H25N3/c1-4-19-13-17-11-8-12-20-18(17)21(15(2)3)14-16-9-6-5-7-10-16/h5-12,15,19H,4,13-14H2,1-3H3. The maximum absolute atomic E-state index is 4.64. The van der Waals surface area contributed by atoms with Crippen molar-refractivity contribution in [3.05, 3.63) is 59.8 Å². The molecule has 1 aromatic carbocycles. The molecule has 0 aliphatic carbocycles. The molecule has 21 heavy (non-hydrogen) atoms. The van der Waals surface area contributed by atoms with Crippen molar-refractivity contribution in [2.45, 2.75) is 39.9 Å². The first-order valence-electron chi connectivity index (χ1n) is 7.67. The molecule has 3 heteroatoms. The van der Waals surface area contributed by atoms with Crippen LogP contribution in [0.25, 0.3) is 0 Å². The van der Waals surface area contributed by atoms with Crippen LogP contribution in [0.1, 0.15) is 31.9 Å². The van der Waals surface area contributed by atoms with Gasteiger partial charge in [-0.2, -0.15) is 0 Å². The summed E-state index contributed by atoms with van der Waals surface area (Å²) in [6.45, 7) is 9.27. The Morgan fingerprint density at radius 2 is 1.86 bits per heavy atom. The molecule has 2 rings (SSSR count). The Kier molecular flexibility index (Phi) is 5.76. The van der Waals surface area contributed by atoms with E-state index in [2.05, 4.69) is 72.4 Å². The van der Waals surface area contributed by atoms with E-state index in [9.17, 15) is 0 Å². The van der Waals surface area contributed by atoms with Gasteiger partial charge in [0, 0.05) is 30.9 Å².